The summed E-state index contributed by atoms with van der Waals surface area (Å²) in [5, 5.41) is 9.54. The Labute approximate surface area is 104 Å². The molecule has 0 spiro atoms. The van der Waals surface area contributed by atoms with Gasteiger partial charge in [-0.3, -0.25) is 4.79 Å². The minimum absolute atomic E-state index is 0.0131. The first-order valence-electron chi connectivity index (χ1n) is 6.09. The van der Waals surface area contributed by atoms with Crippen LogP contribution in [0.4, 0.5) is 0 Å². The fourth-order valence-electron chi connectivity index (χ4n) is 2.75. The van der Waals surface area contributed by atoms with Crippen molar-refractivity contribution in [1.29, 1.82) is 0 Å². The van der Waals surface area contributed by atoms with Crippen LogP contribution in [-0.4, -0.2) is 17.5 Å². The molecule has 2 heteroatoms. The molecule has 1 aliphatic rings. The Hall–Kier alpha value is -1.15. The molecule has 3 atom stereocenters. The van der Waals surface area contributed by atoms with E-state index in [9.17, 15) is 9.90 Å². The second kappa shape index (κ2) is 5.46. The van der Waals surface area contributed by atoms with Gasteiger partial charge in [0.1, 0.15) is 6.29 Å². The van der Waals surface area contributed by atoms with Gasteiger partial charge in [0.25, 0.3) is 0 Å². The van der Waals surface area contributed by atoms with Gasteiger partial charge < -0.3 is 5.11 Å². The molecule has 0 aromatic rings. The molecule has 0 aliphatic heterocycles. The lowest BCUT2D eigenvalue weighted by Gasteiger charge is -2.40. The minimum Gasteiger partial charge on any atom is -0.393 e. The van der Waals surface area contributed by atoms with Gasteiger partial charge in [-0.15, -0.1) is 6.58 Å². The van der Waals surface area contributed by atoms with Crippen LogP contribution in [0.15, 0.2) is 36.5 Å². The third-order valence-electron chi connectivity index (χ3n) is 3.64. The number of hydrogen-bond acceptors (Lipinski definition) is 2. The Balaban J connectivity index is 3.10. The Morgan fingerprint density at radius 3 is 2.88 bits per heavy atom. The fourth-order valence-corrected chi connectivity index (χ4v) is 2.75. The Kier molecular flexibility index (Phi) is 4.47. The number of carbonyl (C=O) groups is 1. The van der Waals surface area contributed by atoms with Gasteiger partial charge in [0.15, 0.2) is 0 Å². The first-order valence-corrected chi connectivity index (χ1v) is 6.09. The van der Waals surface area contributed by atoms with Crippen molar-refractivity contribution in [2.24, 2.45) is 11.3 Å². The van der Waals surface area contributed by atoms with Crippen LogP contribution in [0, 0.1) is 11.3 Å². The van der Waals surface area contributed by atoms with Crippen LogP contribution in [0.3, 0.4) is 0 Å². The summed E-state index contributed by atoms with van der Waals surface area (Å²) in [6, 6.07) is 0. The summed E-state index contributed by atoms with van der Waals surface area (Å²) in [7, 11) is 0. The highest BCUT2D eigenvalue weighted by Crippen LogP contribution is 2.46. The molecule has 0 aromatic carbocycles. The van der Waals surface area contributed by atoms with Gasteiger partial charge in [0.05, 0.1) is 6.10 Å². The van der Waals surface area contributed by atoms with Crippen LogP contribution in [0.25, 0.3) is 0 Å². The van der Waals surface area contributed by atoms with Crippen LogP contribution in [0.1, 0.15) is 33.1 Å². The highest BCUT2D eigenvalue weighted by atomic mass is 16.3. The average Bonchev–Trinajstić information content (AvgIpc) is 2.27. The van der Waals surface area contributed by atoms with Gasteiger partial charge in [-0.25, -0.2) is 0 Å². The lowest BCUT2D eigenvalue weighted by molar-refractivity contribution is -0.105. The smallest absolute Gasteiger partial charge is 0.146 e. The normalized spacial score (nSPS) is 30.3. The van der Waals surface area contributed by atoms with Crippen molar-refractivity contribution in [2.75, 3.05) is 0 Å². The van der Waals surface area contributed by atoms with Gasteiger partial charge in [0.2, 0.25) is 0 Å². The molecule has 2 nitrogen and oxygen atoms in total. The summed E-state index contributed by atoms with van der Waals surface area (Å²) in [6.07, 6.45) is 7.02. The van der Waals surface area contributed by atoms with Crippen molar-refractivity contribution in [3.63, 3.8) is 0 Å². The number of aliphatic hydroxyl groups excluding tert-OH is 1. The second-order valence-corrected chi connectivity index (χ2v) is 5.21. The highest BCUT2D eigenvalue weighted by Gasteiger charge is 2.37. The van der Waals surface area contributed by atoms with E-state index < -0.39 is 6.10 Å². The molecule has 0 saturated heterocycles. The maximum Gasteiger partial charge on any atom is 0.146 e. The number of allylic oxidation sites excluding steroid dienone is 3. The third-order valence-corrected chi connectivity index (χ3v) is 3.64. The zero-order chi connectivity index (χ0) is 13.1. The Bertz CT molecular complexity index is 352. The van der Waals surface area contributed by atoms with E-state index >= 15 is 0 Å². The van der Waals surface area contributed by atoms with Gasteiger partial charge >= 0.3 is 0 Å². The van der Waals surface area contributed by atoms with E-state index in [0.29, 0.717) is 12.0 Å². The number of carbonyl (C=O) groups excluding carboxylic acids is 1. The van der Waals surface area contributed by atoms with Gasteiger partial charge in [0, 0.05) is 5.92 Å². The molecular formula is C15H22O2. The number of rotatable bonds is 5. The predicted octanol–water partition coefficient (Wildman–Crippen LogP) is 3.04. The molecule has 0 saturated carbocycles. The zero-order valence-corrected chi connectivity index (χ0v) is 10.8. The summed E-state index contributed by atoms with van der Waals surface area (Å²) < 4.78 is 0. The van der Waals surface area contributed by atoms with Crippen molar-refractivity contribution in [2.45, 2.75) is 39.2 Å². The molecule has 0 fully saturated rings. The topological polar surface area (TPSA) is 37.3 Å². The van der Waals surface area contributed by atoms with Gasteiger partial charge in [-0.05, 0) is 37.2 Å². The van der Waals surface area contributed by atoms with E-state index in [1.807, 2.05) is 6.08 Å². The maximum absolute atomic E-state index is 11.0. The largest absolute Gasteiger partial charge is 0.393 e. The first kappa shape index (κ1) is 13.9. The lowest BCUT2D eigenvalue weighted by atomic mass is 9.64. The molecule has 0 aromatic heterocycles. The molecule has 1 aliphatic carbocycles. The zero-order valence-electron chi connectivity index (χ0n) is 10.8. The summed E-state index contributed by atoms with van der Waals surface area (Å²) >= 11 is 0. The standard InChI is InChI=1S/C15H22O2/c1-5-15(4)8-6-7-13(9-12(3)17)14(15)11(2)10-16/h5,7,10,12,14,17H,1-2,6,8-9H2,3-4H3/t12-,14+,15-/m0/s1. The molecule has 1 N–H and O–H groups in total. The monoisotopic (exact) mass is 234 g/mol. The lowest BCUT2D eigenvalue weighted by Crippen LogP contribution is -2.32. The van der Waals surface area contributed by atoms with E-state index in [1.54, 1.807) is 6.92 Å². The first-order chi connectivity index (χ1) is 7.94. The maximum atomic E-state index is 11.0. The van der Waals surface area contributed by atoms with Gasteiger partial charge in [-0.1, -0.05) is 31.2 Å². The van der Waals surface area contributed by atoms with Crippen LogP contribution in [-0.2, 0) is 4.79 Å². The Morgan fingerprint density at radius 2 is 2.41 bits per heavy atom. The van der Waals surface area contributed by atoms with Gasteiger partial charge in [-0.2, -0.15) is 0 Å². The summed E-state index contributed by atoms with van der Waals surface area (Å²) in [5.74, 6) is -0.0131. The van der Waals surface area contributed by atoms with E-state index in [4.69, 9.17) is 0 Å². The fraction of sp³-hybridized carbons (Fsp3) is 0.533. The van der Waals surface area contributed by atoms with E-state index in [-0.39, 0.29) is 11.3 Å². The van der Waals surface area contributed by atoms with Crippen molar-refractivity contribution < 1.29 is 9.90 Å². The van der Waals surface area contributed by atoms with Crippen LogP contribution < -0.4 is 0 Å². The van der Waals surface area contributed by atoms with Crippen molar-refractivity contribution in [3.05, 3.63) is 36.5 Å². The van der Waals surface area contributed by atoms with E-state index in [1.165, 1.54) is 0 Å². The summed E-state index contributed by atoms with van der Waals surface area (Å²) in [6.45, 7) is 11.6. The Morgan fingerprint density at radius 1 is 1.76 bits per heavy atom. The van der Waals surface area contributed by atoms with E-state index in [0.717, 1.165) is 24.7 Å². The highest BCUT2D eigenvalue weighted by molar-refractivity contribution is 5.74. The molecule has 0 heterocycles. The average molecular weight is 234 g/mol. The summed E-state index contributed by atoms with van der Waals surface area (Å²) in [5.41, 5.74) is 1.57. The van der Waals surface area contributed by atoms with Crippen molar-refractivity contribution >= 4 is 6.29 Å². The molecule has 17 heavy (non-hydrogen) atoms. The van der Waals surface area contributed by atoms with E-state index in [2.05, 4.69) is 26.2 Å². The SMILES string of the molecule is C=C[C@@]1(C)CCC=C(C[C@H](C)O)[C@H]1C(=C)C=O. The third kappa shape index (κ3) is 2.95. The number of aliphatic hydroxyl groups is 1. The molecule has 0 radical (unpaired) electrons. The molecule has 0 bridgehead atoms. The predicted molar refractivity (Wildman–Crippen MR) is 70.6 cm³/mol. The van der Waals surface area contributed by atoms with Crippen LogP contribution in [0.2, 0.25) is 0 Å². The summed E-state index contributed by atoms with van der Waals surface area (Å²) in [4.78, 5) is 11.0. The molecule has 94 valence electrons. The van der Waals surface area contributed by atoms with Crippen LogP contribution in [0.5, 0.6) is 0 Å². The van der Waals surface area contributed by atoms with Crippen LogP contribution >= 0.6 is 0 Å². The number of aldehydes is 1. The molecule has 0 unspecified atom stereocenters. The quantitative estimate of drug-likeness (QED) is 0.451. The minimum atomic E-state index is -0.393. The molecule has 1 rings (SSSR count). The molecular weight excluding hydrogens is 212 g/mol. The van der Waals surface area contributed by atoms with Crippen molar-refractivity contribution in [3.8, 4) is 0 Å². The number of hydrogen-bond donors (Lipinski definition) is 1. The second-order valence-electron chi connectivity index (χ2n) is 5.21. The molecule has 0 amide bonds. The van der Waals surface area contributed by atoms with Crippen molar-refractivity contribution in [1.82, 2.24) is 0 Å².